The number of aliphatic hydroxyl groups excluding tert-OH is 2. The first-order chi connectivity index (χ1) is 9.54. The molecule has 4 atom stereocenters. The average molecular weight is 284 g/mol. The Morgan fingerprint density at radius 2 is 2.20 bits per heavy atom. The van der Waals surface area contributed by atoms with Crippen molar-refractivity contribution in [3.05, 3.63) is 23.0 Å². The summed E-state index contributed by atoms with van der Waals surface area (Å²) in [5, 5.41) is 18.6. The van der Waals surface area contributed by atoms with Crippen molar-refractivity contribution in [1.82, 2.24) is 19.1 Å². The fourth-order valence-electron chi connectivity index (χ4n) is 2.26. The number of aromatic nitrogens is 4. The van der Waals surface area contributed by atoms with Gasteiger partial charge in [0.1, 0.15) is 12.2 Å². The Hall–Kier alpha value is -1.84. The fourth-order valence-corrected chi connectivity index (χ4v) is 2.26. The van der Waals surface area contributed by atoms with E-state index in [2.05, 4.69) is 9.97 Å². The van der Waals surface area contributed by atoms with E-state index in [1.807, 2.05) is 0 Å². The van der Waals surface area contributed by atoms with E-state index >= 15 is 0 Å². The molecule has 0 amide bonds. The van der Waals surface area contributed by atoms with Crippen LogP contribution in [0.3, 0.4) is 0 Å². The van der Waals surface area contributed by atoms with Crippen LogP contribution >= 0.6 is 0 Å². The molecule has 8 nitrogen and oxygen atoms in total. The number of aliphatic hydroxyl groups is 2. The zero-order chi connectivity index (χ0) is 14.4. The minimum atomic E-state index is -1.74. The van der Waals surface area contributed by atoms with E-state index in [1.54, 1.807) is 0 Å². The van der Waals surface area contributed by atoms with Gasteiger partial charge in [0, 0.05) is 7.05 Å². The topological polar surface area (TPSA) is 102 Å². The van der Waals surface area contributed by atoms with E-state index in [0.717, 1.165) is 0 Å². The lowest BCUT2D eigenvalue weighted by molar-refractivity contribution is -0.0459. The first-order valence-corrected chi connectivity index (χ1v) is 6.01. The van der Waals surface area contributed by atoms with Crippen LogP contribution in [0.25, 0.3) is 11.2 Å². The van der Waals surface area contributed by atoms with Crippen molar-refractivity contribution in [3.63, 3.8) is 0 Å². The molecule has 2 N–H and O–H groups in total. The smallest absolute Gasteiger partial charge is 0.281 e. The van der Waals surface area contributed by atoms with Crippen LogP contribution in [-0.4, -0.2) is 54.3 Å². The molecule has 9 heteroatoms. The van der Waals surface area contributed by atoms with Crippen molar-refractivity contribution in [3.8, 4) is 0 Å². The van der Waals surface area contributed by atoms with Gasteiger partial charge in [-0.2, -0.15) is 0 Å². The number of alkyl halides is 1. The standard InChI is InChI=1S/C11H13FN4O4/c1-15-3-14-9-7(10(15)19)13-4-16(9)11-6(12)8(18)5(2-17)20-11/h3-6,8,11,17-18H,2H2,1H3/t5-,6?,8+,11-/m1/s1. The van der Waals surface area contributed by atoms with Crippen molar-refractivity contribution in [2.45, 2.75) is 24.6 Å². The molecule has 1 saturated heterocycles. The number of hydrogen-bond acceptors (Lipinski definition) is 6. The van der Waals surface area contributed by atoms with Gasteiger partial charge in [0.05, 0.1) is 19.3 Å². The fraction of sp³-hybridized carbons (Fsp3) is 0.545. The number of hydrogen-bond donors (Lipinski definition) is 2. The molecule has 0 spiro atoms. The van der Waals surface area contributed by atoms with Gasteiger partial charge in [0.15, 0.2) is 23.6 Å². The molecule has 0 aromatic carbocycles. The SMILES string of the molecule is Cn1cnc2c(ncn2[C@@H]2O[C@H](CO)[C@H](O)C2F)c1=O. The summed E-state index contributed by atoms with van der Waals surface area (Å²) in [5.41, 5.74) is -0.0966. The molecule has 0 radical (unpaired) electrons. The molecule has 0 saturated carbocycles. The third-order valence-corrected chi connectivity index (χ3v) is 3.39. The highest BCUT2D eigenvalue weighted by atomic mass is 19.1. The van der Waals surface area contributed by atoms with E-state index in [9.17, 15) is 14.3 Å². The summed E-state index contributed by atoms with van der Waals surface area (Å²) in [7, 11) is 1.53. The van der Waals surface area contributed by atoms with Gasteiger partial charge in [0.2, 0.25) is 0 Å². The Morgan fingerprint density at radius 3 is 2.85 bits per heavy atom. The van der Waals surface area contributed by atoms with Gasteiger partial charge >= 0.3 is 0 Å². The second kappa shape index (κ2) is 4.62. The van der Waals surface area contributed by atoms with Gasteiger partial charge in [-0.3, -0.25) is 9.36 Å². The maximum absolute atomic E-state index is 14.0. The van der Waals surface area contributed by atoms with Gasteiger partial charge in [-0.25, -0.2) is 14.4 Å². The number of fused-ring (bicyclic) bond motifs is 1. The van der Waals surface area contributed by atoms with Crippen molar-refractivity contribution in [2.24, 2.45) is 7.05 Å². The Bertz CT molecular complexity index is 699. The number of imidazole rings is 1. The van der Waals surface area contributed by atoms with Crippen LogP contribution in [0.5, 0.6) is 0 Å². The van der Waals surface area contributed by atoms with Crippen molar-refractivity contribution in [2.75, 3.05) is 6.61 Å². The third kappa shape index (κ3) is 1.74. The van der Waals surface area contributed by atoms with Gasteiger partial charge in [0.25, 0.3) is 5.56 Å². The van der Waals surface area contributed by atoms with Gasteiger partial charge in [-0.15, -0.1) is 0 Å². The molecule has 20 heavy (non-hydrogen) atoms. The minimum absolute atomic E-state index is 0.0905. The maximum atomic E-state index is 14.0. The summed E-state index contributed by atoms with van der Waals surface area (Å²) in [6.45, 7) is -0.500. The monoisotopic (exact) mass is 284 g/mol. The van der Waals surface area contributed by atoms with Gasteiger partial charge < -0.3 is 19.5 Å². The first-order valence-electron chi connectivity index (χ1n) is 6.01. The van der Waals surface area contributed by atoms with Crippen LogP contribution in [0, 0.1) is 0 Å². The van der Waals surface area contributed by atoms with Crippen LogP contribution in [-0.2, 0) is 11.8 Å². The van der Waals surface area contributed by atoms with Crippen LogP contribution < -0.4 is 5.56 Å². The highest BCUT2D eigenvalue weighted by Crippen LogP contribution is 2.32. The quantitative estimate of drug-likeness (QED) is 0.712. The molecule has 1 unspecified atom stereocenters. The maximum Gasteiger partial charge on any atom is 0.281 e. The predicted octanol–water partition coefficient (Wildman–Crippen LogP) is -1.28. The molecule has 0 bridgehead atoms. The normalized spacial score (nSPS) is 30.2. The largest absolute Gasteiger partial charge is 0.394 e. The molecule has 1 aliphatic heterocycles. The van der Waals surface area contributed by atoms with E-state index in [-0.39, 0.29) is 16.7 Å². The zero-order valence-corrected chi connectivity index (χ0v) is 10.5. The minimum Gasteiger partial charge on any atom is -0.394 e. The number of halogens is 1. The van der Waals surface area contributed by atoms with Crippen molar-refractivity contribution in [1.29, 1.82) is 0 Å². The molecule has 3 heterocycles. The molecule has 1 aliphatic rings. The second-order valence-electron chi connectivity index (χ2n) is 4.67. The van der Waals surface area contributed by atoms with Crippen molar-refractivity contribution < 1.29 is 19.3 Å². The van der Waals surface area contributed by atoms with Crippen LogP contribution in [0.4, 0.5) is 4.39 Å². The van der Waals surface area contributed by atoms with Gasteiger partial charge in [-0.1, -0.05) is 0 Å². The summed E-state index contributed by atoms with van der Waals surface area (Å²) in [5.74, 6) is 0. The Kier molecular flexibility index (Phi) is 3.04. The molecule has 2 aromatic heterocycles. The molecule has 0 aliphatic carbocycles. The summed E-state index contributed by atoms with van der Waals surface area (Å²) in [6, 6.07) is 0. The lowest BCUT2D eigenvalue weighted by atomic mass is 10.1. The van der Waals surface area contributed by atoms with E-state index in [0.29, 0.717) is 0 Å². The number of aryl methyl sites for hydroxylation is 1. The van der Waals surface area contributed by atoms with Crippen LogP contribution in [0.1, 0.15) is 6.23 Å². The average Bonchev–Trinajstić information content (AvgIpc) is 2.98. The Balaban J connectivity index is 2.08. The number of rotatable bonds is 2. The molecule has 1 fully saturated rings. The van der Waals surface area contributed by atoms with Crippen molar-refractivity contribution >= 4 is 11.2 Å². The summed E-state index contributed by atoms with van der Waals surface area (Å²) < 4.78 is 21.8. The van der Waals surface area contributed by atoms with E-state index in [1.165, 1.54) is 28.8 Å². The highest BCUT2D eigenvalue weighted by molar-refractivity contribution is 5.69. The Labute approximate surface area is 112 Å². The molecule has 3 rings (SSSR count). The first kappa shape index (κ1) is 13.2. The Morgan fingerprint density at radius 1 is 1.45 bits per heavy atom. The number of nitrogens with zero attached hydrogens (tertiary/aromatic N) is 4. The van der Waals surface area contributed by atoms with Crippen LogP contribution in [0.15, 0.2) is 17.4 Å². The summed E-state index contributed by atoms with van der Waals surface area (Å²) in [4.78, 5) is 19.8. The second-order valence-corrected chi connectivity index (χ2v) is 4.67. The van der Waals surface area contributed by atoms with E-state index in [4.69, 9.17) is 9.84 Å². The molecular weight excluding hydrogens is 271 g/mol. The summed E-state index contributed by atoms with van der Waals surface area (Å²) in [6.07, 6.45) is -2.83. The molecule has 108 valence electrons. The molecule has 2 aromatic rings. The summed E-state index contributed by atoms with van der Waals surface area (Å²) >= 11 is 0. The van der Waals surface area contributed by atoms with Gasteiger partial charge in [-0.05, 0) is 0 Å². The number of ether oxygens (including phenoxy) is 1. The highest BCUT2D eigenvalue weighted by Gasteiger charge is 2.45. The molecular formula is C11H13FN4O4. The predicted molar refractivity (Wildman–Crippen MR) is 64.7 cm³/mol. The lowest BCUT2D eigenvalue weighted by Gasteiger charge is -2.14. The zero-order valence-electron chi connectivity index (χ0n) is 10.5. The van der Waals surface area contributed by atoms with Crippen LogP contribution in [0.2, 0.25) is 0 Å². The third-order valence-electron chi connectivity index (χ3n) is 3.39. The lowest BCUT2D eigenvalue weighted by Crippen LogP contribution is -2.30. The van der Waals surface area contributed by atoms with E-state index < -0.39 is 31.2 Å².